The number of aliphatic hydroxyl groups is 1. The first-order valence-electron chi connectivity index (χ1n) is 8.20. The van der Waals surface area contributed by atoms with Gasteiger partial charge in [-0.05, 0) is 44.2 Å². The molecule has 2 atom stereocenters. The van der Waals surface area contributed by atoms with E-state index >= 15 is 0 Å². The molecule has 7 heteroatoms. The third kappa shape index (κ3) is 5.42. The number of carbonyl (C=O) groups is 1. The van der Waals surface area contributed by atoms with E-state index in [1.54, 1.807) is 6.92 Å². The molecule has 3 N–H and O–H groups in total. The first kappa shape index (κ1) is 18.6. The lowest BCUT2D eigenvalue weighted by atomic mass is 9.94. The fourth-order valence-electron chi connectivity index (χ4n) is 2.82. The van der Waals surface area contributed by atoms with Crippen molar-refractivity contribution in [1.29, 1.82) is 0 Å². The van der Waals surface area contributed by atoms with Gasteiger partial charge in [-0.25, -0.2) is 13.6 Å². The molecular weight excluding hydrogens is 318 g/mol. The molecular formula is C17H24F2N2O3. The van der Waals surface area contributed by atoms with Crippen molar-refractivity contribution < 1.29 is 23.4 Å². The van der Waals surface area contributed by atoms with Gasteiger partial charge in [-0.1, -0.05) is 6.07 Å². The average molecular weight is 342 g/mol. The molecule has 5 nitrogen and oxygen atoms in total. The molecule has 1 aliphatic heterocycles. The fraction of sp³-hybridized carbons (Fsp3) is 0.588. The molecule has 2 amide bonds. The number of carbonyl (C=O) groups excluding carboxylic acids is 1. The highest BCUT2D eigenvalue weighted by Crippen LogP contribution is 2.18. The topological polar surface area (TPSA) is 70.6 Å². The van der Waals surface area contributed by atoms with E-state index in [1.165, 1.54) is 18.2 Å². The summed E-state index contributed by atoms with van der Waals surface area (Å²) < 4.78 is 32.4. The smallest absolute Gasteiger partial charge is 0.315 e. The molecule has 1 aliphatic rings. The van der Waals surface area contributed by atoms with Crippen molar-refractivity contribution in [2.24, 2.45) is 5.92 Å². The fourth-order valence-corrected chi connectivity index (χ4v) is 2.82. The monoisotopic (exact) mass is 342 g/mol. The van der Waals surface area contributed by atoms with E-state index in [0.717, 1.165) is 12.8 Å². The molecule has 0 aromatic heterocycles. The van der Waals surface area contributed by atoms with Gasteiger partial charge in [0, 0.05) is 31.4 Å². The molecule has 0 saturated carbocycles. The third-order valence-corrected chi connectivity index (χ3v) is 4.23. The number of rotatable bonds is 6. The molecule has 1 fully saturated rings. The van der Waals surface area contributed by atoms with Crippen LogP contribution in [0.5, 0.6) is 0 Å². The highest BCUT2D eigenvalue weighted by Gasteiger charge is 2.22. The highest BCUT2D eigenvalue weighted by molar-refractivity contribution is 5.74. The average Bonchev–Trinajstić information content (AvgIpc) is 2.57. The Hall–Kier alpha value is -1.73. The molecule has 1 aromatic carbocycles. The van der Waals surface area contributed by atoms with Crippen LogP contribution >= 0.6 is 0 Å². The van der Waals surface area contributed by atoms with Crippen LogP contribution in [0.1, 0.15) is 25.3 Å². The quantitative estimate of drug-likeness (QED) is 0.740. The van der Waals surface area contributed by atoms with Crippen molar-refractivity contribution >= 4 is 6.03 Å². The number of aliphatic hydroxyl groups excluding tert-OH is 1. The molecule has 134 valence electrons. The van der Waals surface area contributed by atoms with Crippen molar-refractivity contribution in [2.45, 2.75) is 38.3 Å². The van der Waals surface area contributed by atoms with Crippen molar-refractivity contribution in [1.82, 2.24) is 10.6 Å². The SMILES string of the molecule is C[C@@H](Cc1c(F)cccc1F)NC(=O)NC[C@H](O)C1CCOCC1. The van der Waals surface area contributed by atoms with Gasteiger partial charge in [0.15, 0.2) is 0 Å². The number of urea groups is 1. The minimum Gasteiger partial charge on any atom is -0.391 e. The van der Waals surface area contributed by atoms with Gasteiger partial charge >= 0.3 is 6.03 Å². The van der Waals surface area contributed by atoms with E-state index in [2.05, 4.69) is 10.6 Å². The van der Waals surface area contributed by atoms with Gasteiger partial charge in [0.1, 0.15) is 11.6 Å². The number of halogens is 2. The minimum absolute atomic E-state index is 0.0486. The Morgan fingerprint density at radius 2 is 1.96 bits per heavy atom. The Labute approximate surface area is 140 Å². The first-order chi connectivity index (χ1) is 11.5. The molecule has 0 spiro atoms. The number of benzene rings is 1. The first-order valence-corrected chi connectivity index (χ1v) is 8.20. The molecule has 0 radical (unpaired) electrons. The van der Waals surface area contributed by atoms with Gasteiger partial charge in [0.2, 0.25) is 0 Å². The van der Waals surface area contributed by atoms with Crippen LogP contribution in [0.25, 0.3) is 0 Å². The van der Waals surface area contributed by atoms with Crippen LogP contribution < -0.4 is 10.6 Å². The lowest BCUT2D eigenvalue weighted by Crippen LogP contribution is -2.46. The molecule has 1 saturated heterocycles. The number of hydrogen-bond acceptors (Lipinski definition) is 3. The van der Waals surface area contributed by atoms with Crippen molar-refractivity contribution in [3.63, 3.8) is 0 Å². The summed E-state index contributed by atoms with van der Waals surface area (Å²) in [7, 11) is 0. The summed E-state index contributed by atoms with van der Waals surface area (Å²) in [6, 6.07) is 2.77. The maximum atomic E-state index is 13.6. The largest absolute Gasteiger partial charge is 0.391 e. The number of amides is 2. The van der Waals surface area contributed by atoms with Crippen LogP contribution in [0, 0.1) is 17.6 Å². The third-order valence-electron chi connectivity index (χ3n) is 4.23. The van der Waals surface area contributed by atoms with Crippen LogP contribution in [0.4, 0.5) is 13.6 Å². The molecule has 0 aliphatic carbocycles. The Balaban J connectivity index is 1.75. The molecule has 24 heavy (non-hydrogen) atoms. The van der Waals surface area contributed by atoms with Gasteiger partial charge < -0.3 is 20.5 Å². The summed E-state index contributed by atoms with van der Waals surface area (Å²) in [4.78, 5) is 11.9. The van der Waals surface area contributed by atoms with E-state index in [4.69, 9.17) is 4.74 Å². The lowest BCUT2D eigenvalue weighted by Gasteiger charge is -2.27. The van der Waals surface area contributed by atoms with Crippen LogP contribution in [-0.2, 0) is 11.2 Å². The summed E-state index contributed by atoms with van der Waals surface area (Å²) in [5.74, 6) is -1.14. The summed E-state index contributed by atoms with van der Waals surface area (Å²) in [5.41, 5.74) is -0.0486. The second-order valence-corrected chi connectivity index (χ2v) is 6.18. The van der Waals surface area contributed by atoms with Crippen molar-refractivity contribution in [3.8, 4) is 0 Å². The Bertz CT molecular complexity index is 530. The van der Waals surface area contributed by atoms with Crippen LogP contribution in [0.2, 0.25) is 0 Å². The van der Waals surface area contributed by atoms with Crippen LogP contribution in [0.3, 0.4) is 0 Å². The van der Waals surface area contributed by atoms with Gasteiger partial charge in [0.25, 0.3) is 0 Å². The number of nitrogens with one attached hydrogen (secondary N) is 2. The summed E-state index contributed by atoms with van der Waals surface area (Å²) >= 11 is 0. The number of ether oxygens (including phenoxy) is 1. The van der Waals surface area contributed by atoms with Crippen molar-refractivity contribution in [2.75, 3.05) is 19.8 Å². The normalized spacial score (nSPS) is 18.0. The van der Waals surface area contributed by atoms with E-state index < -0.39 is 29.8 Å². The van der Waals surface area contributed by atoms with E-state index in [0.29, 0.717) is 13.2 Å². The van der Waals surface area contributed by atoms with Gasteiger partial charge in [-0.2, -0.15) is 0 Å². The van der Waals surface area contributed by atoms with Gasteiger partial charge in [0.05, 0.1) is 6.10 Å². The predicted molar refractivity (Wildman–Crippen MR) is 85.6 cm³/mol. The van der Waals surface area contributed by atoms with Gasteiger partial charge in [-0.15, -0.1) is 0 Å². The zero-order chi connectivity index (χ0) is 17.5. The molecule has 0 bridgehead atoms. The standard InChI is InChI=1S/C17H24F2N2O3/c1-11(9-13-14(18)3-2-4-15(13)19)21-17(23)20-10-16(22)12-5-7-24-8-6-12/h2-4,11-12,16,22H,5-10H2,1H3,(H2,20,21,23)/t11-,16-/m0/s1. The van der Waals surface area contributed by atoms with Crippen LogP contribution in [-0.4, -0.2) is 43.0 Å². The summed E-state index contributed by atoms with van der Waals surface area (Å²) in [6.45, 7) is 3.05. The zero-order valence-corrected chi connectivity index (χ0v) is 13.7. The highest BCUT2D eigenvalue weighted by atomic mass is 19.1. The zero-order valence-electron chi connectivity index (χ0n) is 13.7. The van der Waals surface area contributed by atoms with Crippen molar-refractivity contribution in [3.05, 3.63) is 35.4 Å². The summed E-state index contributed by atoms with van der Waals surface area (Å²) in [6.07, 6.45) is 0.967. The Kier molecular flexibility index (Phi) is 6.93. The minimum atomic E-state index is -0.626. The maximum absolute atomic E-state index is 13.6. The number of hydrogen-bond donors (Lipinski definition) is 3. The second-order valence-electron chi connectivity index (χ2n) is 6.18. The van der Waals surface area contributed by atoms with Gasteiger partial charge in [-0.3, -0.25) is 0 Å². The molecule has 1 aromatic rings. The Morgan fingerprint density at radius 1 is 1.33 bits per heavy atom. The van der Waals surface area contributed by atoms with E-state index in [1.807, 2.05) is 0 Å². The molecule has 1 heterocycles. The van der Waals surface area contributed by atoms with Crippen LogP contribution in [0.15, 0.2) is 18.2 Å². The predicted octanol–water partition coefficient (Wildman–Crippen LogP) is 1.98. The molecule has 2 rings (SSSR count). The summed E-state index contributed by atoms with van der Waals surface area (Å²) in [5, 5.41) is 15.3. The van der Waals surface area contributed by atoms with E-state index in [9.17, 15) is 18.7 Å². The Morgan fingerprint density at radius 3 is 2.58 bits per heavy atom. The second kappa shape index (κ2) is 8.94. The lowest BCUT2D eigenvalue weighted by molar-refractivity contribution is 0.00949. The van der Waals surface area contributed by atoms with E-state index in [-0.39, 0.29) is 24.4 Å². The molecule has 0 unspecified atom stereocenters. The maximum Gasteiger partial charge on any atom is 0.315 e.